The van der Waals surface area contributed by atoms with Gasteiger partial charge in [-0.25, -0.2) is 9.97 Å². The number of benzene rings is 1. The maximum absolute atomic E-state index is 13.2. The fourth-order valence-electron chi connectivity index (χ4n) is 3.15. The largest absolute Gasteiger partial charge is 0.283 e. The van der Waals surface area contributed by atoms with Crippen LogP contribution in [0.15, 0.2) is 64.1 Å². The number of pyridine rings is 1. The Balaban J connectivity index is 1.61. The van der Waals surface area contributed by atoms with E-state index in [9.17, 15) is 4.79 Å². The second-order valence-electron chi connectivity index (χ2n) is 7.62. The molecule has 7 heteroatoms. The van der Waals surface area contributed by atoms with Crippen molar-refractivity contribution in [2.45, 2.75) is 44.1 Å². The van der Waals surface area contributed by atoms with Gasteiger partial charge in [-0.05, 0) is 42.5 Å². The van der Waals surface area contributed by atoms with Gasteiger partial charge in [-0.3, -0.25) is 14.3 Å². The lowest BCUT2D eigenvalue weighted by Crippen LogP contribution is -2.24. The number of fused-ring (bicyclic) bond motifs is 1. The third kappa shape index (κ3) is 4.96. The van der Waals surface area contributed by atoms with E-state index in [1.807, 2.05) is 36.4 Å². The molecule has 5 nitrogen and oxygen atoms in total. The highest BCUT2D eigenvalue weighted by atomic mass is 32.2. The number of para-hydroxylation sites is 1. The number of hydrogen-bond donors (Lipinski definition) is 0. The maximum Gasteiger partial charge on any atom is 0.262 e. The summed E-state index contributed by atoms with van der Waals surface area (Å²) in [6.07, 6.45) is 5.70. The Labute approximate surface area is 184 Å². The van der Waals surface area contributed by atoms with Crippen LogP contribution in [0.2, 0.25) is 0 Å². The van der Waals surface area contributed by atoms with Crippen LogP contribution < -0.4 is 5.56 Å². The molecule has 0 amide bonds. The van der Waals surface area contributed by atoms with Crippen LogP contribution in [0, 0.1) is 5.92 Å². The van der Waals surface area contributed by atoms with E-state index < -0.39 is 0 Å². The van der Waals surface area contributed by atoms with E-state index in [0.717, 1.165) is 29.6 Å². The van der Waals surface area contributed by atoms with Gasteiger partial charge in [-0.15, -0.1) is 11.3 Å². The van der Waals surface area contributed by atoms with Crippen LogP contribution in [0.5, 0.6) is 0 Å². The average Bonchev–Trinajstić information content (AvgIpc) is 3.22. The summed E-state index contributed by atoms with van der Waals surface area (Å²) in [5.74, 6) is 1.37. The molecule has 4 aromatic rings. The zero-order chi connectivity index (χ0) is 20.9. The highest BCUT2D eigenvalue weighted by Crippen LogP contribution is 2.24. The fourth-order valence-corrected chi connectivity index (χ4v) is 4.96. The highest BCUT2D eigenvalue weighted by Gasteiger charge is 2.13. The van der Waals surface area contributed by atoms with Crippen LogP contribution in [-0.2, 0) is 18.7 Å². The molecule has 4 rings (SSSR count). The molecule has 0 aliphatic heterocycles. The summed E-state index contributed by atoms with van der Waals surface area (Å²) in [5, 5.41) is 4.64. The zero-order valence-electron chi connectivity index (χ0n) is 17.1. The summed E-state index contributed by atoms with van der Waals surface area (Å²) in [6.45, 7) is 4.91. The van der Waals surface area contributed by atoms with Crippen molar-refractivity contribution in [3.05, 3.63) is 80.8 Å². The van der Waals surface area contributed by atoms with Gasteiger partial charge in [-0.2, -0.15) is 0 Å². The van der Waals surface area contributed by atoms with Crippen molar-refractivity contribution >= 4 is 34.0 Å². The SMILES string of the molecule is CC(C)CCc1nc(CSc2nc3ccccc3c(=O)n2Cc2cccnc2)cs1. The van der Waals surface area contributed by atoms with Crippen molar-refractivity contribution in [2.24, 2.45) is 5.92 Å². The minimum Gasteiger partial charge on any atom is -0.283 e. The molecule has 3 heterocycles. The molecule has 0 aliphatic carbocycles. The monoisotopic (exact) mass is 436 g/mol. The van der Waals surface area contributed by atoms with E-state index in [0.29, 0.717) is 28.8 Å². The van der Waals surface area contributed by atoms with Crippen molar-refractivity contribution in [2.75, 3.05) is 0 Å². The molecule has 0 N–H and O–H groups in total. The zero-order valence-corrected chi connectivity index (χ0v) is 18.7. The molecule has 0 bridgehead atoms. The number of thiazole rings is 1. The van der Waals surface area contributed by atoms with E-state index in [1.165, 1.54) is 5.01 Å². The van der Waals surface area contributed by atoms with Gasteiger partial charge in [0.1, 0.15) is 0 Å². The predicted octanol–water partition coefficient (Wildman–Crippen LogP) is 5.18. The lowest BCUT2D eigenvalue weighted by Gasteiger charge is -2.12. The van der Waals surface area contributed by atoms with Crippen LogP contribution in [0.3, 0.4) is 0 Å². The minimum absolute atomic E-state index is 0.0251. The number of nitrogens with zero attached hydrogens (tertiary/aromatic N) is 4. The molecular formula is C23H24N4OS2. The number of thioether (sulfide) groups is 1. The Bertz CT molecular complexity index is 1180. The normalized spacial score (nSPS) is 11.4. The third-order valence-electron chi connectivity index (χ3n) is 4.77. The first-order valence-corrected chi connectivity index (χ1v) is 11.9. The van der Waals surface area contributed by atoms with Gasteiger partial charge in [0.25, 0.3) is 5.56 Å². The van der Waals surface area contributed by atoms with Crippen molar-refractivity contribution in [3.8, 4) is 0 Å². The molecule has 0 atom stereocenters. The molecule has 1 aromatic carbocycles. The minimum atomic E-state index is -0.0251. The Hall–Kier alpha value is -2.51. The van der Waals surface area contributed by atoms with E-state index >= 15 is 0 Å². The number of hydrogen-bond acceptors (Lipinski definition) is 6. The summed E-state index contributed by atoms with van der Waals surface area (Å²) in [4.78, 5) is 26.9. The lowest BCUT2D eigenvalue weighted by atomic mass is 10.1. The standard InChI is InChI=1S/C23H24N4OS2/c1-16(2)9-10-21-25-18(14-29-21)15-30-23-26-20-8-4-3-7-19(20)22(28)27(23)13-17-6-5-11-24-12-17/h3-8,11-12,14,16H,9-10,13,15H2,1-2H3. The Morgan fingerprint density at radius 2 is 2.00 bits per heavy atom. The lowest BCUT2D eigenvalue weighted by molar-refractivity contribution is 0.585. The van der Waals surface area contributed by atoms with Crippen LogP contribution in [0.1, 0.15) is 36.5 Å². The first kappa shape index (κ1) is 20.8. The van der Waals surface area contributed by atoms with E-state index in [2.05, 4.69) is 24.2 Å². The number of rotatable bonds is 8. The summed E-state index contributed by atoms with van der Waals surface area (Å²) in [7, 11) is 0. The average molecular weight is 437 g/mol. The quantitative estimate of drug-likeness (QED) is 0.281. The van der Waals surface area contributed by atoms with Crippen LogP contribution in [-0.4, -0.2) is 19.5 Å². The van der Waals surface area contributed by atoms with Gasteiger partial charge in [-0.1, -0.05) is 43.8 Å². The molecule has 30 heavy (non-hydrogen) atoms. The summed E-state index contributed by atoms with van der Waals surface area (Å²) < 4.78 is 1.75. The molecular weight excluding hydrogens is 412 g/mol. The van der Waals surface area contributed by atoms with Gasteiger partial charge >= 0.3 is 0 Å². The second kappa shape index (κ2) is 9.53. The van der Waals surface area contributed by atoms with Crippen LogP contribution in [0.4, 0.5) is 0 Å². The highest BCUT2D eigenvalue weighted by molar-refractivity contribution is 7.98. The summed E-state index contributed by atoms with van der Waals surface area (Å²) in [5.41, 5.74) is 2.72. The van der Waals surface area contributed by atoms with Gasteiger partial charge < -0.3 is 0 Å². The fraction of sp³-hybridized carbons (Fsp3) is 0.304. The van der Waals surface area contributed by atoms with Crippen molar-refractivity contribution in [1.29, 1.82) is 0 Å². The van der Waals surface area contributed by atoms with Crippen molar-refractivity contribution in [1.82, 2.24) is 19.5 Å². The number of aromatic nitrogens is 4. The smallest absolute Gasteiger partial charge is 0.262 e. The van der Waals surface area contributed by atoms with Gasteiger partial charge in [0.05, 0.1) is 28.1 Å². The topological polar surface area (TPSA) is 60.7 Å². The van der Waals surface area contributed by atoms with Gasteiger partial charge in [0, 0.05) is 23.5 Å². The number of aryl methyl sites for hydroxylation is 1. The molecule has 0 saturated carbocycles. The van der Waals surface area contributed by atoms with E-state index in [1.54, 1.807) is 40.1 Å². The molecule has 0 radical (unpaired) electrons. The van der Waals surface area contributed by atoms with Gasteiger partial charge in [0.2, 0.25) is 0 Å². The molecule has 0 saturated heterocycles. The molecule has 0 unspecified atom stereocenters. The van der Waals surface area contributed by atoms with Crippen LogP contribution >= 0.6 is 23.1 Å². The molecule has 0 fully saturated rings. The van der Waals surface area contributed by atoms with Gasteiger partial charge in [0.15, 0.2) is 5.16 Å². The van der Waals surface area contributed by atoms with Crippen LogP contribution in [0.25, 0.3) is 10.9 Å². The first-order valence-electron chi connectivity index (χ1n) is 10.0. The molecule has 154 valence electrons. The maximum atomic E-state index is 13.2. The summed E-state index contributed by atoms with van der Waals surface area (Å²) >= 11 is 3.28. The first-order chi connectivity index (χ1) is 14.6. The Morgan fingerprint density at radius 3 is 2.80 bits per heavy atom. The molecule has 3 aromatic heterocycles. The second-order valence-corrected chi connectivity index (χ2v) is 9.50. The van der Waals surface area contributed by atoms with E-state index in [-0.39, 0.29) is 5.56 Å². The molecule has 0 aliphatic rings. The third-order valence-corrected chi connectivity index (χ3v) is 6.74. The van der Waals surface area contributed by atoms with Crippen molar-refractivity contribution < 1.29 is 0 Å². The van der Waals surface area contributed by atoms with Crippen molar-refractivity contribution in [3.63, 3.8) is 0 Å². The Kier molecular flexibility index (Phi) is 6.59. The Morgan fingerprint density at radius 1 is 1.13 bits per heavy atom. The summed E-state index contributed by atoms with van der Waals surface area (Å²) in [6, 6.07) is 11.4. The predicted molar refractivity (Wildman–Crippen MR) is 124 cm³/mol. The molecule has 0 spiro atoms. The van der Waals surface area contributed by atoms with E-state index in [4.69, 9.17) is 9.97 Å².